The third-order valence-corrected chi connectivity index (χ3v) is 8.85. The monoisotopic (exact) mass is 391 g/mol. The van der Waals surface area contributed by atoms with Crippen LogP contribution in [-0.4, -0.2) is 20.0 Å². The summed E-state index contributed by atoms with van der Waals surface area (Å²) in [6.45, 7) is 10.0. The lowest BCUT2D eigenvalue weighted by atomic mass is 9.47. The van der Waals surface area contributed by atoms with Gasteiger partial charge in [-0.1, -0.05) is 40.5 Å². The van der Waals surface area contributed by atoms with E-state index in [1.807, 2.05) is 17.8 Å². The van der Waals surface area contributed by atoms with E-state index in [0.717, 1.165) is 39.8 Å². The highest BCUT2D eigenvalue weighted by atomic mass is 32.2. The van der Waals surface area contributed by atoms with Crippen LogP contribution in [0.4, 0.5) is 5.69 Å². The second-order valence-electron chi connectivity index (χ2n) is 9.61. The summed E-state index contributed by atoms with van der Waals surface area (Å²) in [6, 6.07) is 3.92. The van der Waals surface area contributed by atoms with Gasteiger partial charge in [0.15, 0.2) is 0 Å². The van der Waals surface area contributed by atoms with E-state index < -0.39 is 0 Å². The highest BCUT2D eigenvalue weighted by Gasteiger charge is 2.53. The highest BCUT2D eigenvalue weighted by Crippen LogP contribution is 2.61. The molecule has 0 amide bonds. The van der Waals surface area contributed by atoms with Crippen molar-refractivity contribution in [1.29, 1.82) is 0 Å². The predicted molar refractivity (Wildman–Crippen MR) is 116 cm³/mol. The maximum absolute atomic E-state index is 6.37. The number of fused-ring (bicyclic) bond motifs is 1. The molecule has 3 rings (SSSR count). The van der Waals surface area contributed by atoms with Crippen molar-refractivity contribution in [2.75, 3.05) is 25.7 Å². The summed E-state index contributed by atoms with van der Waals surface area (Å²) >= 11 is 1.89. The zero-order valence-electron chi connectivity index (χ0n) is 17.9. The fourth-order valence-corrected chi connectivity index (χ4v) is 7.65. The van der Waals surface area contributed by atoms with Crippen molar-refractivity contribution < 1.29 is 9.47 Å². The van der Waals surface area contributed by atoms with Gasteiger partial charge in [0.2, 0.25) is 0 Å². The standard InChI is InChI=1S/C23H37NO2S/c1-15-8-9-20-22(2,3)10-7-11-23(20,4)17(15)14-27-19-13-16(25-5)12-18(26-6)21(19)24/h12-13,15,17,20H,7-11,14,24H2,1-6H3. The number of thioether (sulfide) groups is 1. The zero-order chi connectivity index (χ0) is 19.8. The molecule has 0 heterocycles. The van der Waals surface area contributed by atoms with E-state index in [9.17, 15) is 0 Å². The Bertz CT molecular complexity index is 675. The molecule has 4 heteroatoms. The van der Waals surface area contributed by atoms with Crippen LogP contribution in [0.2, 0.25) is 0 Å². The smallest absolute Gasteiger partial charge is 0.146 e. The number of ether oxygens (including phenoxy) is 2. The number of benzene rings is 1. The van der Waals surface area contributed by atoms with Crippen LogP contribution in [0.5, 0.6) is 11.5 Å². The van der Waals surface area contributed by atoms with Crippen molar-refractivity contribution in [3.63, 3.8) is 0 Å². The molecule has 4 atom stereocenters. The fourth-order valence-electron chi connectivity index (χ4n) is 6.13. The van der Waals surface area contributed by atoms with Gasteiger partial charge in [-0.3, -0.25) is 0 Å². The summed E-state index contributed by atoms with van der Waals surface area (Å²) in [5.74, 6) is 4.95. The van der Waals surface area contributed by atoms with E-state index in [1.54, 1.807) is 14.2 Å². The molecule has 0 aliphatic heterocycles. The molecule has 2 aliphatic carbocycles. The largest absolute Gasteiger partial charge is 0.497 e. The van der Waals surface area contributed by atoms with Crippen LogP contribution in [-0.2, 0) is 0 Å². The molecule has 2 aliphatic rings. The van der Waals surface area contributed by atoms with Crippen LogP contribution in [0.1, 0.15) is 59.8 Å². The Morgan fingerprint density at radius 2 is 1.85 bits per heavy atom. The van der Waals surface area contributed by atoms with Gasteiger partial charge < -0.3 is 15.2 Å². The Morgan fingerprint density at radius 1 is 1.11 bits per heavy atom. The molecule has 2 saturated carbocycles. The quantitative estimate of drug-likeness (QED) is 0.475. The SMILES string of the molecule is COc1cc(OC)c(N)c(SCC2C(C)CCC3C(C)(C)CCCC23C)c1. The van der Waals surface area contributed by atoms with Crippen molar-refractivity contribution in [2.24, 2.45) is 28.6 Å². The molecule has 2 fully saturated rings. The molecular weight excluding hydrogens is 354 g/mol. The predicted octanol–water partition coefficient (Wildman–Crippen LogP) is 6.26. The van der Waals surface area contributed by atoms with E-state index in [-0.39, 0.29) is 0 Å². The Hall–Kier alpha value is -1.03. The first kappa shape index (κ1) is 20.7. The molecule has 27 heavy (non-hydrogen) atoms. The minimum absolute atomic E-state index is 0.435. The summed E-state index contributed by atoms with van der Waals surface area (Å²) in [7, 11) is 3.36. The molecule has 4 unspecified atom stereocenters. The van der Waals surface area contributed by atoms with Crippen LogP contribution < -0.4 is 15.2 Å². The summed E-state index contributed by atoms with van der Waals surface area (Å²) in [5, 5.41) is 0. The number of anilines is 1. The minimum Gasteiger partial charge on any atom is -0.497 e. The van der Waals surface area contributed by atoms with Gasteiger partial charge in [-0.25, -0.2) is 0 Å². The lowest BCUT2D eigenvalue weighted by Gasteiger charge is -2.59. The summed E-state index contributed by atoms with van der Waals surface area (Å²) in [5.41, 5.74) is 8.01. The lowest BCUT2D eigenvalue weighted by Crippen LogP contribution is -2.51. The zero-order valence-corrected chi connectivity index (χ0v) is 18.7. The number of nitrogens with two attached hydrogens (primary N) is 1. The molecule has 152 valence electrons. The van der Waals surface area contributed by atoms with E-state index >= 15 is 0 Å². The lowest BCUT2D eigenvalue weighted by molar-refractivity contribution is -0.0850. The van der Waals surface area contributed by atoms with Gasteiger partial charge in [0.1, 0.15) is 11.5 Å². The van der Waals surface area contributed by atoms with Crippen LogP contribution in [0.25, 0.3) is 0 Å². The third kappa shape index (κ3) is 3.79. The Kier molecular flexibility index (Phi) is 5.96. The maximum atomic E-state index is 6.37. The molecule has 0 bridgehead atoms. The minimum atomic E-state index is 0.435. The maximum Gasteiger partial charge on any atom is 0.146 e. The van der Waals surface area contributed by atoms with Gasteiger partial charge in [-0.2, -0.15) is 0 Å². The first-order chi connectivity index (χ1) is 12.7. The Balaban J connectivity index is 1.84. The molecule has 2 N–H and O–H groups in total. The van der Waals surface area contributed by atoms with Gasteiger partial charge >= 0.3 is 0 Å². The van der Waals surface area contributed by atoms with Gasteiger partial charge in [-0.15, -0.1) is 11.8 Å². The molecule has 0 aromatic heterocycles. The molecule has 0 saturated heterocycles. The van der Waals surface area contributed by atoms with Crippen LogP contribution >= 0.6 is 11.8 Å². The molecule has 1 aromatic rings. The average molecular weight is 392 g/mol. The van der Waals surface area contributed by atoms with E-state index in [4.69, 9.17) is 15.2 Å². The van der Waals surface area contributed by atoms with Crippen molar-refractivity contribution in [3.8, 4) is 11.5 Å². The fraction of sp³-hybridized carbons (Fsp3) is 0.739. The number of hydrogen-bond acceptors (Lipinski definition) is 4. The van der Waals surface area contributed by atoms with Gasteiger partial charge in [0.05, 0.1) is 19.9 Å². The van der Waals surface area contributed by atoms with Crippen LogP contribution in [0.3, 0.4) is 0 Å². The molecular formula is C23H37NO2S. The average Bonchev–Trinajstić information content (AvgIpc) is 2.61. The Labute approximate surface area is 169 Å². The highest BCUT2D eigenvalue weighted by molar-refractivity contribution is 7.99. The van der Waals surface area contributed by atoms with E-state index in [0.29, 0.717) is 16.6 Å². The van der Waals surface area contributed by atoms with Gasteiger partial charge in [0, 0.05) is 16.7 Å². The first-order valence-electron chi connectivity index (χ1n) is 10.4. The summed E-state index contributed by atoms with van der Waals surface area (Å²) in [6.07, 6.45) is 6.85. The van der Waals surface area contributed by atoms with E-state index in [1.165, 1.54) is 32.1 Å². The topological polar surface area (TPSA) is 44.5 Å². The number of hydrogen-bond donors (Lipinski definition) is 1. The second kappa shape index (κ2) is 7.77. The summed E-state index contributed by atoms with van der Waals surface area (Å²) in [4.78, 5) is 1.08. The second-order valence-corrected chi connectivity index (χ2v) is 10.7. The molecule has 0 spiro atoms. The van der Waals surface area contributed by atoms with Crippen LogP contribution in [0.15, 0.2) is 17.0 Å². The molecule has 1 aromatic carbocycles. The van der Waals surface area contributed by atoms with Crippen LogP contribution in [0, 0.1) is 28.6 Å². The molecule has 3 nitrogen and oxygen atoms in total. The van der Waals surface area contributed by atoms with Crippen molar-refractivity contribution in [1.82, 2.24) is 0 Å². The van der Waals surface area contributed by atoms with Crippen molar-refractivity contribution in [3.05, 3.63) is 12.1 Å². The normalized spacial score (nSPS) is 32.6. The number of nitrogen functional groups attached to an aromatic ring is 1. The van der Waals surface area contributed by atoms with Crippen molar-refractivity contribution in [2.45, 2.75) is 64.7 Å². The summed E-state index contributed by atoms with van der Waals surface area (Å²) < 4.78 is 10.9. The molecule has 0 radical (unpaired) electrons. The van der Waals surface area contributed by atoms with Crippen molar-refractivity contribution >= 4 is 17.4 Å². The number of rotatable bonds is 5. The van der Waals surface area contributed by atoms with Gasteiger partial charge in [-0.05, 0) is 53.9 Å². The first-order valence-corrected chi connectivity index (χ1v) is 11.4. The Morgan fingerprint density at radius 3 is 2.52 bits per heavy atom. The van der Waals surface area contributed by atoms with Gasteiger partial charge in [0.25, 0.3) is 0 Å². The number of methoxy groups -OCH3 is 2. The third-order valence-electron chi connectivity index (χ3n) is 7.67. The van der Waals surface area contributed by atoms with E-state index in [2.05, 4.69) is 33.8 Å².